The molecule has 31 heavy (non-hydrogen) atoms. The fourth-order valence-corrected chi connectivity index (χ4v) is 6.21. The highest BCUT2D eigenvalue weighted by atomic mass is 35.5. The van der Waals surface area contributed by atoms with Crippen molar-refractivity contribution >= 4 is 43.2 Å². The number of benzene rings is 2. The zero-order valence-corrected chi connectivity index (χ0v) is 19.1. The summed E-state index contributed by atoms with van der Waals surface area (Å²) in [6.07, 6.45) is 1.34. The maximum Gasteiger partial charge on any atom is 0.243 e. The third kappa shape index (κ3) is 5.18. The molecule has 1 N–H and O–H groups in total. The van der Waals surface area contributed by atoms with Gasteiger partial charge in [0.15, 0.2) is 0 Å². The summed E-state index contributed by atoms with van der Waals surface area (Å²) in [6, 6.07) is 11.1. The van der Waals surface area contributed by atoms with Crippen molar-refractivity contribution in [3.8, 4) is 12.1 Å². The Labute approximate surface area is 190 Å². The van der Waals surface area contributed by atoms with Crippen LogP contribution in [0.4, 0.5) is 0 Å². The van der Waals surface area contributed by atoms with Gasteiger partial charge in [-0.25, -0.2) is 21.6 Å². The lowest BCUT2D eigenvalue weighted by Gasteiger charge is -2.22. The maximum atomic E-state index is 13.1. The lowest BCUT2D eigenvalue weighted by Crippen LogP contribution is -2.39. The van der Waals surface area contributed by atoms with Gasteiger partial charge < -0.3 is 0 Å². The summed E-state index contributed by atoms with van der Waals surface area (Å²) in [6.45, 7) is -0.256. The molecular weight excluding hydrogens is 483 g/mol. The van der Waals surface area contributed by atoms with E-state index in [0.717, 1.165) is 6.07 Å². The molecule has 0 atom stereocenters. The third-order valence-corrected chi connectivity index (χ3v) is 8.65. The van der Waals surface area contributed by atoms with Crippen LogP contribution in [0.15, 0.2) is 46.2 Å². The minimum Gasteiger partial charge on any atom is -0.210 e. The summed E-state index contributed by atoms with van der Waals surface area (Å²) < 4.78 is 54.8. The average Bonchev–Trinajstić information content (AvgIpc) is 3.55. The summed E-state index contributed by atoms with van der Waals surface area (Å²) in [4.78, 5) is -0.193. The Morgan fingerprint density at radius 3 is 1.94 bits per heavy atom. The lowest BCUT2D eigenvalue weighted by atomic mass is 10.2. The van der Waals surface area contributed by atoms with Crippen LogP contribution in [-0.4, -0.2) is 40.3 Å². The summed E-state index contributed by atoms with van der Waals surface area (Å²) in [5.41, 5.74) is 0.306. The molecule has 1 aliphatic rings. The summed E-state index contributed by atoms with van der Waals surface area (Å²) >= 11 is 11.9. The first-order valence-corrected chi connectivity index (χ1v) is 12.7. The predicted octanol–water partition coefficient (Wildman–Crippen LogP) is 2.87. The number of rotatable bonds is 8. The van der Waals surface area contributed by atoms with Crippen molar-refractivity contribution in [1.29, 1.82) is 10.5 Å². The van der Waals surface area contributed by atoms with Crippen molar-refractivity contribution in [2.75, 3.05) is 13.1 Å². The Morgan fingerprint density at radius 1 is 0.935 bits per heavy atom. The molecule has 0 unspecified atom stereocenters. The van der Waals surface area contributed by atoms with Crippen molar-refractivity contribution in [3.63, 3.8) is 0 Å². The van der Waals surface area contributed by atoms with Crippen LogP contribution < -0.4 is 4.72 Å². The van der Waals surface area contributed by atoms with Gasteiger partial charge in [-0.05, 0) is 49.2 Å². The smallest absolute Gasteiger partial charge is 0.210 e. The van der Waals surface area contributed by atoms with E-state index in [1.807, 2.05) is 12.1 Å². The second kappa shape index (κ2) is 9.13. The molecule has 3 rings (SSSR count). The molecule has 0 amide bonds. The van der Waals surface area contributed by atoms with Crippen LogP contribution in [0, 0.1) is 22.7 Å². The number of nitrogens with one attached hydrogen (secondary N) is 1. The number of hydrogen-bond donors (Lipinski definition) is 1. The fraction of sp³-hybridized carbons (Fsp3) is 0.263. The minimum absolute atomic E-state index is 0.00487. The molecule has 0 bridgehead atoms. The second-order valence-electron chi connectivity index (χ2n) is 6.75. The monoisotopic (exact) mass is 498 g/mol. The first-order chi connectivity index (χ1) is 14.6. The number of hydrogen-bond acceptors (Lipinski definition) is 6. The lowest BCUT2D eigenvalue weighted by molar-refractivity contribution is 0.406. The van der Waals surface area contributed by atoms with E-state index in [0.29, 0.717) is 12.8 Å². The molecule has 8 nitrogen and oxygen atoms in total. The van der Waals surface area contributed by atoms with Gasteiger partial charge in [-0.2, -0.15) is 14.8 Å². The van der Waals surface area contributed by atoms with E-state index in [9.17, 15) is 16.8 Å². The molecular formula is C19H16Cl2N4O4S2. The van der Waals surface area contributed by atoms with Crippen LogP contribution in [-0.2, 0) is 20.0 Å². The van der Waals surface area contributed by atoms with Crippen LogP contribution in [0.3, 0.4) is 0 Å². The van der Waals surface area contributed by atoms with Crippen molar-refractivity contribution in [2.45, 2.75) is 28.7 Å². The number of nitriles is 2. The molecule has 2 aromatic carbocycles. The topological polar surface area (TPSA) is 131 Å². The van der Waals surface area contributed by atoms with Gasteiger partial charge in [-0.15, -0.1) is 0 Å². The zero-order valence-electron chi connectivity index (χ0n) is 15.9. The first kappa shape index (κ1) is 23.5. The Balaban J connectivity index is 1.76. The molecule has 0 heterocycles. The van der Waals surface area contributed by atoms with E-state index in [-0.39, 0.29) is 50.1 Å². The van der Waals surface area contributed by atoms with E-state index in [2.05, 4.69) is 4.72 Å². The third-order valence-electron chi connectivity index (χ3n) is 4.62. The van der Waals surface area contributed by atoms with Crippen molar-refractivity contribution in [1.82, 2.24) is 9.03 Å². The molecule has 2 aromatic rings. The largest absolute Gasteiger partial charge is 0.243 e. The van der Waals surface area contributed by atoms with Crippen LogP contribution in [0.1, 0.15) is 24.0 Å². The van der Waals surface area contributed by atoms with E-state index < -0.39 is 20.0 Å². The molecule has 1 fully saturated rings. The van der Waals surface area contributed by atoms with Crippen LogP contribution in [0.25, 0.3) is 0 Å². The second-order valence-corrected chi connectivity index (χ2v) is 11.2. The highest BCUT2D eigenvalue weighted by Crippen LogP contribution is 2.33. The molecule has 162 valence electrons. The highest BCUT2D eigenvalue weighted by Gasteiger charge is 2.38. The van der Waals surface area contributed by atoms with Crippen LogP contribution >= 0.6 is 23.2 Å². The molecule has 0 saturated heterocycles. The highest BCUT2D eigenvalue weighted by molar-refractivity contribution is 7.89. The van der Waals surface area contributed by atoms with E-state index >= 15 is 0 Å². The molecule has 0 radical (unpaired) electrons. The number of nitrogens with zero attached hydrogens (tertiary/aromatic N) is 3. The Kier molecular flexibility index (Phi) is 6.92. The predicted molar refractivity (Wildman–Crippen MR) is 114 cm³/mol. The Bertz CT molecular complexity index is 1310. The quantitative estimate of drug-likeness (QED) is 0.594. The molecule has 1 aliphatic carbocycles. The number of halogens is 2. The molecule has 0 aliphatic heterocycles. The normalized spacial score (nSPS) is 14.2. The van der Waals surface area contributed by atoms with Gasteiger partial charge >= 0.3 is 0 Å². The molecule has 1 saturated carbocycles. The first-order valence-electron chi connectivity index (χ1n) is 9.01. The Morgan fingerprint density at radius 2 is 1.45 bits per heavy atom. The molecule has 12 heteroatoms. The molecule has 0 spiro atoms. The van der Waals surface area contributed by atoms with E-state index in [1.165, 1.54) is 34.6 Å². The van der Waals surface area contributed by atoms with E-state index in [4.69, 9.17) is 33.7 Å². The SMILES string of the molecule is N#Cc1ccc(S(=O)(=O)NCCN(C2CC2)S(=O)(=O)c2ccc(C#N)c(Cl)c2)cc1Cl. The van der Waals surface area contributed by atoms with Crippen LogP contribution in [0.5, 0.6) is 0 Å². The maximum absolute atomic E-state index is 13.1. The van der Waals surface area contributed by atoms with Gasteiger partial charge in [0.25, 0.3) is 0 Å². The summed E-state index contributed by atoms with van der Waals surface area (Å²) in [5, 5.41) is 17.9. The van der Waals surface area contributed by atoms with Crippen molar-refractivity contribution in [3.05, 3.63) is 57.6 Å². The van der Waals surface area contributed by atoms with Gasteiger partial charge in [0.05, 0.1) is 31.0 Å². The van der Waals surface area contributed by atoms with Gasteiger partial charge in [0, 0.05) is 19.1 Å². The summed E-state index contributed by atoms with van der Waals surface area (Å²) in [5.74, 6) is 0. The summed E-state index contributed by atoms with van der Waals surface area (Å²) in [7, 11) is -7.89. The fourth-order valence-electron chi connectivity index (χ4n) is 2.87. The van der Waals surface area contributed by atoms with Gasteiger partial charge in [-0.1, -0.05) is 23.2 Å². The van der Waals surface area contributed by atoms with Crippen LogP contribution in [0.2, 0.25) is 10.0 Å². The Hall–Kier alpha value is -2.18. The van der Waals surface area contributed by atoms with Gasteiger partial charge in [-0.3, -0.25) is 0 Å². The average molecular weight is 499 g/mol. The minimum atomic E-state index is -3.96. The van der Waals surface area contributed by atoms with Gasteiger partial charge in [0.1, 0.15) is 12.1 Å². The number of sulfonamides is 2. The van der Waals surface area contributed by atoms with Crippen molar-refractivity contribution < 1.29 is 16.8 Å². The zero-order chi connectivity index (χ0) is 22.8. The molecule has 0 aromatic heterocycles. The van der Waals surface area contributed by atoms with Crippen molar-refractivity contribution in [2.24, 2.45) is 0 Å². The van der Waals surface area contributed by atoms with E-state index in [1.54, 1.807) is 0 Å². The van der Waals surface area contributed by atoms with Gasteiger partial charge in [0.2, 0.25) is 20.0 Å². The standard InChI is InChI=1S/C19H16Cl2N4O4S2/c20-18-9-16(5-1-13(18)11-22)30(26,27)24-7-8-25(15-3-4-15)31(28,29)17-6-2-14(12-23)19(21)10-17/h1-2,5-6,9-10,15,24H,3-4,7-8H2.